The molecule has 1 saturated heterocycles. The molecule has 1 fully saturated rings. The third kappa shape index (κ3) is 3.42. The molecule has 2 aromatic rings. The lowest BCUT2D eigenvalue weighted by atomic mass is 9.98. The molecule has 3 rings (SSSR count). The first kappa shape index (κ1) is 17.2. The predicted octanol–water partition coefficient (Wildman–Crippen LogP) is 2.93. The van der Waals surface area contributed by atoms with Crippen LogP contribution in [0, 0.1) is 24.1 Å². The highest BCUT2D eigenvalue weighted by molar-refractivity contribution is 5.74. The molecule has 1 aromatic heterocycles. The summed E-state index contributed by atoms with van der Waals surface area (Å²) in [5.74, 6) is 0.0914. The van der Waals surface area contributed by atoms with Crippen molar-refractivity contribution in [2.24, 2.45) is 7.05 Å². The van der Waals surface area contributed by atoms with Crippen LogP contribution < -0.4 is 10.3 Å². The van der Waals surface area contributed by atoms with Gasteiger partial charge in [0.25, 0.3) is 5.56 Å². The van der Waals surface area contributed by atoms with Gasteiger partial charge in [0, 0.05) is 31.0 Å². The van der Waals surface area contributed by atoms with E-state index in [1.165, 1.54) is 16.7 Å². The predicted molar refractivity (Wildman–Crippen MR) is 91.0 cm³/mol. The van der Waals surface area contributed by atoms with Crippen molar-refractivity contribution in [3.63, 3.8) is 0 Å². The third-order valence-electron chi connectivity index (χ3n) is 4.43. The first-order valence-corrected chi connectivity index (χ1v) is 8.16. The zero-order chi connectivity index (χ0) is 18.0. The van der Waals surface area contributed by atoms with Crippen molar-refractivity contribution in [2.75, 3.05) is 13.2 Å². The van der Waals surface area contributed by atoms with Crippen LogP contribution in [0.1, 0.15) is 24.0 Å². The van der Waals surface area contributed by atoms with Gasteiger partial charge in [-0.1, -0.05) is 0 Å². The number of hydrogen-bond acceptors (Lipinski definition) is 4. The molecule has 2 heterocycles. The van der Waals surface area contributed by atoms with Crippen molar-refractivity contribution in [2.45, 2.75) is 25.9 Å². The average molecular weight is 342 g/mol. The van der Waals surface area contributed by atoms with Crippen molar-refractivity contribution >= 4 is 0 Å². The number of hydrogen-bond donors (Lipinski definition) is 0. The molecule has 5 nitrogen and oxygen atoms in total. The second-order valence-electron chi connectivity index (χ2n) is 6.16. The van der Waals surface area contributed by atoms with Crippen molar-refractivity contribution < 1.29 is 13.9 Å². The van der Waals surface area contributed by atoms with Crippen LogP contribution in [0.3, 0.4) is 0 Å². The molecule has 1 atom stereocenters. The third-order valence-corrected chi connectivity index (χ3v) is 4.43. The summed E-state index contributed by atoms with van der Waals surface area (Å²) in [5, 5.41) is 9.28. The van der Waals surface area contributed by atoms with E-state index in [4.69, 9.17) is 9.47 Å². The van der Waals surface area contributed by atoms with Crippen LogP contribution in [0.25, 0.3) is 11.1 Å². The Hall–Kier alpha value is -2.65. The zero-order valence-electron chi connectivity index (χ0n) is 14.2. The second kappa shape index (κ2) is 7.08. The summed E-state index contributed by atoms with van der Waals surface area (Å²) in [4.78, 5) is 12.1. The number of nitriles is 1. The second-order valence-corrected chi connectivity index (χ2v) is 6.16. The maximum absolute atomic E-state index is 13.9. The first-order valence-electron chi connectivity index (χ1n) is 8.16. The Kier molecular flexibility index (Phi) is 4.86. The van der Waals surface area contributed by atoms with E-state index in [1.807, 2.05) is 6.07 Å². The lowest BCUT2D eigenvalue weighted by Gasteiger charge is -2.17. The number of pyridine rings is 1. The van der Waals surface area contributed by atoms with E-state index in [9.17, 15) is 14.4 Å². The number of aryl methyl sites for hydroxylation is 1. The summed E-state index contributed by atoms with van der Waals surface area (Å²) in [6.07, 6.45) is 3.59. The van der Waals surface area contributed by atoms with Gasteiger partial charge >= 0.3 is 0 Å². The molecule has 6 heteroatoms. The monoisotopic (exact) mass is 342 g/mol. The molecule has 1 aliphatic rings. The number of benzene rings is 1. The fourth-order valence-corrected chi connectivity index (χ4v) is 3.02. The van der Waals surface area contributed by atoms with E-state index >= 15 is 0 Å². The first-order chi connectivity index (χ1) is 12.0. The average Bonchev–Trinajstić information content (AvgIpc) is 3.11. The van der Waals surface area contributed by atoms with E-state index in [1.54, 1.807) is 26.2 Å². The molecule has 1 aromatic carbocycles. The molecule has 0 saturated carbocycles. The van der Waals surface area contributed by atoms with E-state index in [2.05, 4.69) is 0 Å². The topological polar surface area (TPSA) is 64.2 Å². The Morgan fingerprint density at radius 2 is 2.24 bits per heavy atom. The number of nitrogens with zero attached hydrogens (tertiary/aromatic N) is 2. The molecule has 25 heavy (non-hydrogen) atoms. The zero-order valence-corrected chi connectivity index (χ0v) is 14.2. The van der Waals surface area contributed by atoms with Crippen LogP contribution in [0.15, 0.2) is 29.2 Å². The standard InChI is InChI=1S/C19H19FN2O3/c1-12-16(9-21)19(23)22(2)10-17(12)15-8-13(20)5-6-18(15)25-11-14-4-3-7-24-14/h5-6,8,10,14H,3-4,7,11H2,1-2H3. The van der Waals surface area contributed by atoms with Crippen molar-refractivity contribution in [3.05, 3.63) is 51.7 Å². The summed E-state index contributed by atoms with van der Waals surface area (Å²) in [5.41, 5.74) is 1.30. The van der Waals surface area contributed by atoms with Gasteiger partial charge in [0.05, 0.1) is 6.10 Å². The maximum Gasteiger partial charge on any atom is 0.268 e. The van der Waals surface area contributed by atoms with E-state index in [0.29, 0.717) is 29.0 Å². The van der Waals surface area contributed by atoms with Crippen LogP contribution in [-0.4, -0.2) is 23.9 Å². The van der Waals surface area contributed by atoms with Gasteiger partial charge in [0.1, 0.15) is 29.8 Å². The highest BCUT2D eigenvalue weighted by Gasteiger charge is 2.19. The summed E-state index contributed by atoms with van der Waals surface area (Å²) >= 11 is 0. The summed E-state index contributed by atoms with van der Waals surface area (Å²) in [7, 11) is 1.57. The van der Waals surface area contributed by atoms with Crippen LogP contribution >= 0.6 is 0 Å². The van der Waals surface area contributed by atoms with Crippen LogP contribution in [-0.2, 0) is 11.8 Å². The number of rotatable bonds is 4. The minimum Gasteiger partial charge on any atom is -0.490 e. The molecule has 0 spiro atoms. The molecule has 0 radical (unpaired) electrons. The molecule has 0 N–H and O–H groups in total. The minimum atomic E-state index is -0.411. The quantitative estimate of drug-likeness (QED) is 0.857. The Balaban J connectivity index is 2.04. The van der Waals surface area contributed by atoms with Gasteiger partial charge in [-0.05, 0) is 43.5 Å². The highest BCUT2D eigenvalue weighted by atomic mass is 19.1. The molecule has 1 unspecified atom stereocenters. The molecular weight excluding hydrogens is 323 g/mol. The van der Waals surface area contributed by atoms with Gasteiger partial charge in [0.2, 0.25) is 0 Å². The maximum atomic E-state index is 13.9. The lowest BCUT2D eigenvalue weighted by Crippen LogP contribution is -2.21. The SMILES string of the molecule is Cc1c(-c2cc(F)ccc2OCC2CCCO2)cn(C)c(=O)c1C#N. The van der Waals surface area contributed by atoms with Gasteiger partial charge < -0.3 is 14.0 Å². The molecule has 130 valence electrons. The Labute approximate surface area is 145 Å². The molecule has 0 bridgehead atoms. The highest BCUT2D eigenvalue weighted by Crippen LogP contribution is 2.33. The fourth-order valence-electron chi connectivity index (χ4n) is 3.02. The fraction of sp³-hybridized carbons (Fsp3) is 0.368. The van der Waals surface area contributed by atoms with Gasteiger partial charge in [-0.25, -0.2) is 4.39 Å². The van der Waals surface area contributed by atoms with Gasteiger partial charge in [0.15, 0.2) is 0 Å². The number of aromatic nitrogens is 1. The van der Waals surface area contributed by atoms with Crippen LogP contribution in [0.4, 0.5) is 4.39 Å². The number of ether oxygens (including phenoxy) is 2. The normalized spacial score (nSPS) is 16.6. The van der Waals surface area contributed by atoms with Gasteiger partial charge in [-0.15, -0.1) is 0 Å². The summed E-state index contributed by atoms with van der Waals surface area (Å²) in [6, 6.07) is 6.19. The van der Waals surface area contributed by atoms with E-state index in [0.717, 1.165) is 19.4 Å². The molecule has 1 aliphatic heterocycles. The minimum absolute atomic E-state index is 0.0359. The molecular formula is C19H19FN2O3. The Morgan fingerprint density at radius 3 is 2.92 bits per heavy atom. The van der Waals surface area contributed by atoms with E-state index < -0.39 is 5.82 Å². The Morgan fingerprint density at radius 1 is 1.44 bits per heavy atom. The van der Waals surface area contributed by atoms with Crippen molar-refractivity contribution in [3.8, 4) is 22.9 Å². The van der Waals surface area contributed by atoms with Gasteiger partial charge in [-0.2, -0.15) is 5.26 Å². The summed E-state index contributed by atoms with van der Waals surface area (Å²) in [6.45, 7) is 2.80. The van der Waals surface area contributed by atoms with Crippen molar-refractivity contribution in [1.82, 2.24) is 4.57 Å². The van der Waals surface area contributed by atoms with Crippen LogP contribution in [0.2, 0.25) is 0 Å². The molecule has 0 aliphatic carbocycles. The smallest absolute Gasteiger partial charge is 0.268 e. The van der Waals surface area contributed by atoms with Crippen molar-refractivity contribution in [1.29, 1.82) is 5.26 Å². The molecule has 0 amide bonds. The summed E-state index contributed by atoms with van der Waals surface area (Å²) < 4.78 is 26.6. The largest absolute Gasteiger partial charge is 0.490 e. The number of halogens is 1. The van der Waals surface area contributed by atoms with Crippen LogP contribution in [0.5, 0.6) is 5.75 Å². The van der Waals surface area contributed by atoms with E-state index in [-0.39, 0.29) is 17.2 Å². The van der Waals surface area contributed by atoms with Gasteiger partial charge in [-0.3, -0.25) is 4.79 Å². The lowest BCUT2D eigenvalue weighted by molar-refractivity contribution is 0.0681. The Bertz CT molecular complexity index is 893.